The van der Waals surface area contributed by atoms with Crippen LogP contribution >= 0.6 is 0 Å². The van der Waals surface area contributed by atoms with Crippen LogP contribution in [0.1, 0.15) is 25.3 Å². The first kappa shape index (κ1) is 13.9. The van der Waals surface area contributed by atoms with Crippen LogP contribution in [0.4, 0.5) is 0 Å². The minimum absolute atomic E-state index is 0.112. The van der Waals surface area contributed by atoms with Gasteiger partial charge in [0.05, 0.1) is 12.7 Å². The molecule has 1 heterocycles. The van der Waals surface area contributed by atoms with Gasteiger partial charge in [0.1, 0.15) is 5.75 Å². The number of rotatable bonds is 4. The summed E-state index contributed by atoms with van der Waals surface area (Å²) in [6.45, 7) is 2.89. The highest BCUT2D eigenvalue weighted by Gasteiger charge is 2.33. The summed E-state index contributed by atoms with van der Waals surface area (Å²) in [5, 5.41) is 9.86. The molecule has 1 atom stereocenters. The molecule has 4 heteroatoms. The van der Waals surface area contributed by atoms with E-state index >= 15 is 0 Å². The van der Waals surface area contributed by atoms with Gasteiger partial charge in [0, 0.05) is 19.5 Å². The molecule has 0 spiro atoms. The molecule has 1 fully saturated rings. The first-order chi connectivity index (χ1) is 9.00. The second-order valence-electron chi connectivity index (χ2n) is 5.41. The van der Waals surface area contributed by atoms with Gasteiger partial charge in [0.25, 0.3) is 0 Å². The lowest BCUT2D eigenvalue weighted by Crippen LogP contribution is -2.33. The molecule has 0 saturated carbocycles. The van der Waals surface area contributed by atoms with Crippen LogP contribution < -0.4 is 4.74 Å². The van der Waals surface area contributed by atoms with E-state index in [1.54, 1.807) is 18.9 Å². The van der Waals surface area contributed by atoms with Gasteiger partial charge in [-0.3, -0.25) is 4.79 Å². The Bertz CT molecular complexity index is 456. The van der Waals surface area contributed by atoms with Crippen molar-refractivity contribution < 1.29 is 14.6 Å². The Morgan fingerprint density at radius 1 is 1.53 bits per heavy atom. The summed E-state index contributed by atoms with van der Waals surface area (Å²) in [6, 6.07) is 7.77. The zero-order chi connectivity index (χ0) is 13.9. The van der Waals surface area contributed by atoms with Gasteiger partial charge in [-0.05, 0) is 37.5 Å². The number of ether oxygens (including phenoxy) is 1. The molecule has 0 radical (unpaired) electrons. The van der Waals surface area contributed by atoms with E-state index in [0.29, 0.717) is 32.4 Å². The fraction of sp³-hybridized carbons (Fsp3) is 0.533. The summed E-state index contributed by atoms with van der Waals surface area (Å²) in [7, 11) is 1.64. The number of hydrogen-bond acceptors (Lipinski definition) is 3. The number of hydrogen-bond donors (Lipinski definition) is 1. The molecule has 2 rings (SSSR count). The number of likely N-dealkylation sites (tertiary alicyclic amines) is 1. The highest BCUT2D eigenvalue weighted by Crippen LogP contribution is 2.21. The maximum Gasteiger partial charge on any atom is 0.223 e. The average Bonchev–Trinajstić information content (AvgIpc) is 2.76. The zero-order valence-electron chi connectivity index (χ0n) is 11.6. The predicted octanol–water partition coefficient (Wildman–Crippen LogP) is 1.61. The standard InChI is InChI=1S/C15H21NO3/c1-15(18)8-9-16(11-15)14(17)7-6-12-4-3-5-13(10-12)19-2/h3-5,10,18H,6-9,11H2,1-2H3. The number of amides is 1. The molecule has 19 heavy (non-hydrogen) atoms. The third-order valence-electron chi connectivity index (χ3n) is 3.57. The molecule has 1 unspecified atom stereocenters. The van der Waals surface area contributed by atoms with Crippen molar-refractivity contribution >= 4 is 5.91 Å². The van der Waals surface area contributed by atoms with Crippen molar-refractivity contribution in [3.05, 3.63) is 29.8 Å². The normalized spacial score (nSPS) is 22.6. The fourth-order valence-corrected chi connectivity index (χ4v) is 2.40. The summed E-state index contributed by atoms with van der Waals surface area (Å²) < 4.78 is 5.16. The average molecular weight is 263 g/mol. The SMILES string of the molecule is COc1cccc(CCC(=O)N2CCC(C)(O)C2)c1. The quantitative estimate of drug-likeness (QED) is 0.898. The Labute approximate surface area is 114 Å². The lowest BCUT2D eigenvalue weighted by atomic mass is 10.1. The monoisotopic (exact) mass is 263 g/mol. The van der Waals surface area contributed by atoms with E-state index in [1.807, 2.05) is 24.3 Å². The maximum absolute atomic E-state index is 12.0. The van der Waals surface area contributed by atoms with Gasteiger partial charge in [-0.25, -0.2) is 0 Å². The van der Waals surface area contributed by atoms with Gasteiger partial charge >= 0.3 is 0 Å². The molecule has 1 aliphatic heterocycles. The van der Waals surface area contributed by atoms with Crippen LogP contribution in [0.2, 0.25) is 0 Å². The van der Waals surface area contributed by atoms with Crippen molar-refractivity contribution in [3.8, 4) is 5.75 Å². The van der Waals surface area contributed by atoms with Crippen molar-refractivity contribution in [3.63, 3.8) is 0 Å². The summed E-state index contributed by atoms with van der Waals surface area (Å²) in [4.78, 5) is 13.8. The van der Waals surface area contributed by atoms with E-state index in [1.165, 1.54) is 0 Å². The van der Waals surface area contributed by atoms with Crippen LogP contribution in [0.15, 0.2) is 24.3 Å². The zero-order valence-corrected chi connectivity index (χ0v) is 11.6. The summed E-state index contributed by atoms with van der Waals surface area (Å²) >= 11 is 0. The second kappa shape index (κ2) is 5.61. The third-order valence-corrected chi connectivity index (χ3v) is 3.57. The van der Waals surface area contributed by atoms with Crippen LogP contribution in [0.5, 0.6) is 5.75 Å². The van der Waals surface area contributed by atoms with E-state index in [0.717, 1.165) is 11.3 Å². The highest BCUT2D eigenvalue weighted by molar-refractivity contribution is 5.76. The van der Waals surface area contributed by atoms with Crippen molar-refractivity contribution in [1.82, 2.24) is 4.90 Å². The molecule has 0 bridgehead atoms. The number of carbonyl (C=O) groups is 1. The fourth-order valence-electron chi connectivity index (χ4n) is 2.40. The Hall–Kier alpha value is -1.55. The molecule has 0 aliphatic carbocycles. The molecule has 4 nitrogen and oxygen atoms in total. The Morgan fingerprint density at radius 3 is 2.95 bits per heavy atom. The predicted molar refractivity (Wildman–Crippen MR) is 73.1 cm³/mol. The molecule has 1 aromatic carbocycles. The first-order valence-electron chi connectivity index (χ1n) is 6.63. The van der Waals surface area contributed by atoms with E-state index in [4.69, 9.17) is 4.74 Å². The first-order valence-corrected chi connectivity index (χ1v) is 6.63. The van der Waals surface area contributed by atoms with E-state index in [2.05, 4.69) is 0 Å². The van der Waals surface area contributed by atoms with Crippen LogP contribution in [-0.4, -0.2) is 41.7 Å². The largest absolute Gasteiger partial charge is 0.497 e. The molecule has 1 saturated heterocycles. The summed E-state index contributed by atoms with van der Waals surface area (Å²) in [5.41, 5.74) is 0.379. The topological polar surface area (TPSA) is 49.8 Å². The number of methoxy groups -OCH3 is 1. The number of β-amino-alcohol motifs (C(OH)–C–C–N with tert-alkyl or cyclic N) is 1. The summed E-state index contributed by atoms with van der Waals surface area (Å²) in [6.07, 6.45) is 1.84. The number of aliphatic hydroxyl groups is 1. The van der Waals surface area contributed by atoms with E-state index < -0.39 is 5.60 Å². The van der Waals surface area contributed by atoms with Crippen LogP contribution in [-0.2, 0) is 11.2 Å². The number of benzene rings is 1. The van der Waals surface area contributed by atoms with E-state index in [-0.39, 0.29) is 5.91 Å². The van der Waals surface area contributed by atoms with Crippen LogP contribution in [0, 0.1) is 0 Å². The van der Waals surface area contributed by atoms with Crippen molar-refractivity contribution in [2.75, 3.05) is 20.2 Å². The Balaban J connectivity index is 1.86. The molecule has 1 amide bonds. The van der Waals surface area contributed by atoms with Gasteiger partial charge in [-0.2, -0.15) is 0 Å². The van der Waals surface area contributed by atoms with Crippen molar-refractivity contribution in [1.29, 1.82) is 0 Å². The number of aryl methyl sites for hydroxylation is 1. The Kier molecular flexibility index (Phi) is 4.10. The molecule has 1 aromatic rings. The molecular weight excluding hydrogens is 242 g/mol. The van der Waals surface area contributed by atoms with Crippen LogP contribution in [0.25, 0.3) is 0 Å². The molecule has 104 valence electrons. The van der Waals surface area contributed by atoms with Gasteiger partial charge in [-0.15, -0.1) is 0 Å². The van der Waals surface area contributed by atoms with Crippen molar-refractivity contribution in [2.24, 2.45) is 0 Å². The lowest BCUT2D eigenvalue weighted by Gasteiger charge is -2.19. The molecule has 0 aromatic heterocycles. The lowest BCUT2D eigenvalue weighted by molar-refractivity contribution is -0.131. The smallest absolute Gasteiger partial charge is 0.223 e. The van der Waals surface area contributed by atoms with Gasteiger partial charge in [0.2, 0.25) is 5.91 Å². The van der Waals surface area contributed by atoms with Crippen molar-refractivity contribution in [2.45, 2.75) is 31.8 Å². The minimum atomic E-state index is -0.717. The Morgan fingerprint density at radius 2 is 2.32 bits per heavy atom. The number of carbonyl (C=O) groups excluding carboxylic acids is 1. The second-order valence-corrected chi connectivity index (χ2v) is 5.41. The highest BCUT2D eigenvalue weighted by atomic mass is 16.5. The van der Waals surface area contributed by atoms with Gasteiger partial charge in [-0.1, -0.05) is 12.1 Å². The summed E-state index contributed by atoms with van der Waals surface area (Å²) in [5.74, 6) is 0.926. The molecule has 1 N–H and O–H groups in total. The molecular formula is C15H21NO3. The molecule has 1 aliphatic rings. The third kappa shape index (κ3) is 3.70. The maximum atomic E-state index is 12.0. The van der Waals surface area contributed by atoms with E-state index in [9.17, 15) is 9.90 Å². The minimum Gasteiger partial charge on any atom is -0.497 e. The van der Waals surface area contributed by atoms with Gasteiger partial charge < -0.3 is 14.7 Å². The van der Waals surface area contributed by atoms with Gasteiger partial charge in [0.15, 0.2) is 0 Å². The number of nitrogens with zero attached hydrogens (tertiary/aromatic N) is 1. The van der Waals surface area contributed by atoms with Crippen LogP contribution in [0.3, 0.4) is 0 Å².